The average Bonchev–Trinajstić information content (AvgIpc) is 2.89. The van der Waals surface area contributed by atoms with Gasteiger partial charge in [0.05, 0.1) is 25.6 Å². The smallest absolute Gasteiger partial charge is 0.497 e. The van der Waals surface area contributed by atoms with Crippen molar-refractivity contribution in [2.75, 3.05) is 74.6 Å². The fraction of sp³-hybridized carbons (Fsp3) is 0.524. The van der Waals surface area contributed by atoms with Crippen LogP contribution in [0.3, 0.4) is 0 Å². The molecule has 2 aromatic rings. The number of halogens is 2. The summed E-state index contributed by atoms with van der Waals surface area (Å²) in [5.74, 6) is 1.52. The minimum absolute atomic E-state index is 0. The van der Waals surface area contributed by atoms with Gasteiger partial charge in [-0.3, -0.25) is 9.97 Å². The van der Waals surface area contributed by atoms with E-state index in [1.165, 1.54) is 39.3 Å². The van der Waals surface area contributed by atoms with Crippen LogP contribution in [0, 0.1) is 20.5 Å². The van der Waals surface area contributed by atoms with Crippen LogP contribution >= 0.6 is 0 Å². The van der Waals surface area contributed by atoms with E-state index in [9.17, 15) is 0 Å². The molecule has 18 nitrogen and oxygen atoms in total. The summed E-state index contributed by atoms with van der Waals surface area (Å²) in [6, 6.07) is 7.26. The predicted molar refractivity (Wildman–Crippen MR) is 125 cm³/mol. The van der Waals surface area contributed by atoms with Crippen LogP contribution in [0.4, 0.5) is 0 Å². The Hall–Kier alpha value is -1.46. The zero-order valence-corrected chi connectivity index (χ0v) is 27.0. The van der Waals surface area contributed by atoms with E-state index in [0.717, 1.165) is 22.9 Å². The Morgan fingerprint density at radius 1 is 0.595 bits per heavy atom. The Balaban J connectivity index is -0.000000157. The van der Waals surface area contributed by atoms with E-state index < -0.39 is 20.5 Å². The van der Waals surface area contributed by atoms with Gasteiger partial charge in [-0.25, -0.2) is 37.3 Å². The van der Waals surface area contributed by atoms with Crippen molar-refractivity contribution in [2.24, 2.45) is 0 Å². The number of rotatable bonds is 3. The molecule has 0 spiro atoms. The van der Waals surface area contributed by atoms with Crippen LogP contribution in [0.15, 0.2) is 36.7 Å². The second-order valence-electron chi connectivity index (χ2n) is 7.83. The predicted octanol–water partition coefficient (Wildman–Crippen LogP) is -10.1. The maximum Gasteiger partial charge on any atom is 5.00 e. The van der Waals surface area contributed by atoms with Gasteiger partial charge in [-0.2, -0.15) is 0 Å². The third-order valence-corrected chi connectivity index (χ3v) is 4.79. The first-order valence-electron chi connectivity index (χ1n) is 10.8. The third kappa shape index (κ3) is 31.5. The number of hydrogen-bond donors (Lipinski definition) is 0. The van der Waals surface area contributed by atoms with Crippen molar-refractivity contribution in [3.05, 3.63) is 36.7 Å². The molecule has 3 rings (SSSR count). The molecule has 42 heavy (non-hydrogen) atoms. The first kappa shape index (κ1) is 50.2. The van der Waals surface area contributed by atoms with Gasteiger partial charge in [0.1, 0.15) is 11.5 Å². The van der Waals surface area contributed by atoms with E-state index in [2.05, 4.69) is 45.8 Å². The number of hydrogen-bond acceptors (Lipinski definition) is 15. The molecule has 3 heterocycles. The Labute approximate surface area is 261 Å². The van der Waals surface area contributed by atoms with E-state index in [1.807, 2.05) is 12.1 Å². The maximum atomic E-state index is 8.49. The summed E-state index contributed by atoms with van der Waals surface area (Å²) in [7, 11) is -0.0385. The van der Waals surface area contributed by atoms with Crippen molar-refractivity contribution in [1.29, 1.82) is 0 Å². The van der Waals surface area contributed by atoms with Gasteiger partial charge in [-0.1, -0.05) is 0 Å². The standard InChI is InChI=1S/C12H12N2O2.C9H21N3.2ClHO4.3H2O.Ru/c1-15-9-3-5-13-11(7-9)12-8-10(16-2)4-6-14-12;1-10-4-6-11(2)8-9-12(3)7-5-10;2*2-1(3,4)5;;;;/h3-8H,1-2H3;4-9H2,1-3H3;2*(H,2,3,4,5);3*1H2;/q;;;;;;;+5/p-1. The van der Waals surface area contributed by atoms with Crippen LogP contribution in [0.25, 0.3) is 11.4 Å². The van der Waals surface area contributed by atoms with Gasteiger partial charge in [0.15, 0.2) is 0 Å². The summed E-state index contributed by atoms with van der Waals surface area (Å²) in [6.45, 7) is 7.19. The fourth-order valence-electron chi connectivity index (χ4n) is 2.72. The van der Waals surface area contributed by atoms with Crippen molar-refractivity contribution < 1.29 is 103 Å². The minimum Gasteiger partial charge on any atom is -0.497 e. The number of nitrogens with zero attached hydrogens (tertiary/aromatic N) is 5. The fourth-order valence-corrected chi connectivity index (χ4v) is 2.72. The van der Waals surface area contributed by atoms with Gasteiger partial charge in [-0.05, 0) is 33.3 Å². The molecule has 2 aromatic heterocycles. The summed E-state index contributed by atoms with van der Waals surface area (Å²) in [5.41, 5.74) is 1.52. The Kier molecular flexibility index (Phi) is 31.1. The van der Waals surface area contributed by atoms with Gasteiger partial charge >= 0.3 is 19.5 Å². The second kappa shape index (κ2) is 26.0. The summed E-state index contributed by atoms with van der Waals surface area (Å²) in [5, 5.41) is 0. The Morgan fingerprint density at radius 2 is 0.810 bits per heavy atom. The van der Waals surface area contributed by atoms with Gasteiger partial charge in [-0.15, -0.1) is 20.5 Å². The van der Waals surface area contributed by atoms with E-state index in [-0.39, 0.29) is 35.9 Å². The van der Waals surface area contributed by atoms with Crippen LogP contribution in [0.5, 0.6) is 11.5 Å². The molecule has 21 heteroatoms. The monoisotopic (exact) mass is 742 g/mol. The molecular formula is C21H40Cl2N5O13Ru+4. The van der Waals surface area contributed by atoms with Crippen LogP contribution in [0.2, 0.25) is 0 Å². The largest absolute Gasteiger partial charge is 5.00 e. The van der Waals surface area contributed by atoms with Crippen LogP contribution < -0.4 is 46.7 Å². The molecule has 1 fully saturated rings. The summed E-state index contributed by atoms with van der Waals surface area (Å²) in [4.78, 5) is 15.7. The average molecular weight is 743 g/mol. The van der Waals surface area contributed by atoms with E-state index in [1.54, 1.807) is 38.7 Å². The first-order chi connectivity index (χ1) is 17.5. The van der Waals surface area contributed by atoms with Crippen molar-refractivity contribution in [3.63, 3.8) is 0 Å². The molecule has 7 N–H and O–H groups in total. The summed E-state index contributed by atoms with van der Waals surface area (Å²) in [6.07, 6.45) is 3.38. The molecule has 0 aromatic carbocycles. The Morgan fingerprint density at radius 3 is 1.00 bits per heavy atom. The molecule has 0 unspecified atom stereocenters. The molecule has 245 valence electrons. The molecule has 0 saturated carbocycles. The molecule has 1 saturated heterocycles. The van der Waals surface area contributed by atoms with Crippen molar-refractivity contribution >= 4 is 0 Å². The zero-order chi connectivity index (χ0) is 29.4. The SMILES string of the molecule is CN1CCN(C)CCN(C)CC1.COc1ccnc(-c2cc(OC)ccn2)c1.O.O.[O-][Cl+3]([O-])([O-])[O-].[O-][Cl+3]([O-])([O-])[O-].[OH3+].[Ru+5]. The van der Waals surface area contributed by atoms with E-state index in [4.69, 9.17) is 46.7 Å². The van der Waals surface area contributed by atoms with Crippen LogP contribution in [-0.2, 0) is 25.0 Å². The summed E-state index contributed by atoms with van der Waals surface area (Å²) >= 11 is 0. The number of ether oxygens (including phenoxy) is 2. The molecule has 0 bridgehead atoms. The van der Waals surface area contributed by atoms with Crippen molar-refractivity contribution in [3.8, 4) is 22.9 Å². The van der Waals surface area contributed by atoms with Crippen molar-refractivity contribution in [2.45, 2.75) is 0 Å². The van der Waals surface area contributed by atoms with E-state index in [0.29, 0.717) is 0 Å². The molecule has 1 aliphatic heterocycles. The molecule has 1 radical (unpaired) electrons. The molecule has 0 atom stereocenters. The second-order valence-corrected chi connectivity index (χ2v) is 9.34. The molecule has 1 aliphatic rings. The summed E-state index contributed by atoms with van der Waals surface area (Å²) < 4.78 is 78.2. The van der Waals surface area contributed by atoms with Crippen LogP contribution in [-0.4, -0.2) is 110 Å². The zero-order valence-electron chi connectivity index (χ0n) is 23.7. The first-order valence-corrected chi connectivity index (χ1v) is 13.3. The minimum atomic E-state index is -4.94. The number of likely N-dealkylation sites (N-methyl/N-ethyl adjacent to an activating group) is 3. The van der Waals surface area contributed by atoms with Crippen molar-refractivity contribution in [1.82, 2.24) is 24.7 Å². The quantitative estimate of drug-likeness (QED) is 0.208. The van der Waals surface area contributed by atoms with Gasteiger partial charge in [0.25, 0.3) is 0 Å². The number of aromatic nitrogens is 2. The Bertz CT molecular complexity index is 812. The maximum absolute atomic E-state index is 8.49. The number of methoxy groups -OCH3 is 2. The molecular weight excluding hydrogens is 702 g/mol. The molecule has 0 amide bonds. The molecule has 0 aliphatic carbocycles. The third-order valence-electron chi connectivity index (χ3n) is 4.79. The van der Waals surface area contributed by atoms with Gasteiger partial charge < -0.3 is 40.6 Å². The number of pyridine rings is 2. The van der Waals surface area contributed by atoms with E-state index >= 15 is 0 Å². The normalized spacial score (nSPS) is 14.1. The van der Waals surface area contributed by atoms with Gasteiger partial charge in [0, 0.05) is 63.8 Å². The van der Waals surface area contributed by atoms with Crippen LogP contribution in [0.1, 0.15) is 0 Å². The topological polar surface area (TPSA) is 334 Å². The van der Waals surface area contributed by atoms with Gasteiger partial charge in [0.2, 0.25) is 0 Å².